The van der Waals surface area contributed by atoms with E-state index in [1.165, 1.54) is 5.56 Å². The van der Waals surface area contributed by atoms with Crippen molar-refractivity contribution < 1.29 is 4.74 Å². The summed E-state index contributed by atoms with van der Waals surface area (Å²) in [5, 5.41) is 6.81. The van der Waals surface area contributed by atoms with E-state index in [1.54, 1.807) is 7.11 Å². The maximum absolute atomic E-state index is 5.30. The molecule has 0 aliphatic heterocycles. The SMILES string of the molecule is CCCCNc1nc2ccc(OC)cc2nc1NCc1ccccc1. The lowest BCUT2D eigenvalue weighted by atomic mass is 10.2. The van der Waals surface area contributed by atoms with Crippen molar-refractivity contribution in [3.63, 3.8) is 0 Å². The number of unbranched alkanes of at least 4 members (excludes halogenated alkanes) is 1. The minimum Gasteiger partial charge on any atom is -0.497 e. The number of anilines is 2. The summed E-state index contributed by atoms with van der Waals surface area (Å²) in [4.78, 5) is 9.50. The third-order valence-corrected chi connectivity index (χ3v) is 4.00. The largest absolute Gasteiger partial charge is 0.497 e. The van der Waals surface area contributed by atoms with Gasteiger partial charge in [-0.2, -0.15) is 0 Å². The molecule has 1 aromatic heterocycles. The van der Waals surface area contributed by atoms with Crippen LogP contribution >= 0.6 is 0 Å². The normalized spacial score (nSPS) is 10.6. The average molecular weight is 336 g/mol. The zero-order chi connectivity index (χ0) is 17.5. The Labute approximate surface area is 148 Å². The first kappa shape index (κ1) is 17.0. The molecular weight excluding hydrogens is 312 g/mol. The van der Waals surface area contributed by atoms with Crippen LogP contribution in [0.25, 0.3) is 11.0 Å². The highest BCUT2D eigenvalue weighted by atomic mass is 16.5. The van der Waals surface area contributed by atoms with Crippen molar-refractivity contribution in [3.8, 4) is 5.75 Å². The zero-order valence-corrected chi connectivity index (χ0v) is 14.7. The van der Waals surface area contributed by atoms with Gasteiger partial charge in [0, 0.05) is 19.2 Å². The number of fused-ring (bicyclic) bond motifs is 1. The van der Waals surface area contributed by atoms with Gasteiger partial charge in [0.1, 0.15) is 5.75 Å². The van der Waals surface area contributed by atoms with Crippen molar-refractivity contribution in [1.82, 2.24) is 9.97 Å². The molecule has 0 aliphatic carbocycles. The van der Waals surface area contributed by atoms with E-state index in [4.69, 9.17) is 14.7 Å². The highest BCUT2D eigenvalue weighted by Crippen LogP contribution is 2.25. The highest BCUT2D eigenvalue weighted by molar-refractivity contribution is 5.81. The fraction of sp³-hybridized carbons (Fsp3) is 0.300. The molecule has 0 radical (unpaired) electrons. The topological polar surface area (TPSA) is 59.1 Å². The van der Waals surface area contributed by atoms with Gasteiger partial charge in [0.2, 0.25) is 0 Å². The lowest BCUT2D eigenvalue weighted by Crippen LogP contribution is -2.10. The number of nitrogens with zero attached hydrogens (tertiary/aromatic N) is 2. The second-order valence-electron chi connectivity index (χ2n) is 5.89. The smallest absolute Gasteiger partial charge is 0.170 e. The molecule has 130 valence electrons. The standard InChI is InChI=1S/C20H24N4O/c1-3-4-12-21-19-20(22-14-15-8-6-5-7-9-15)24-18-13-16(25-2)10-11-17(18)23-19/h5-11,13H,3-4,12,14H2,1-2H3,(H,21,23)(H,22,24). The maximum Gasteiger partial charge on any atom is 0.170 e. The third-order valence-electron chi connectivity index (χ3n) is 4.00. The molecular formula is C20H24N4O. The Morgan fingerprint density at radius 2 is 1.68 bits per heavy atom. The van der Waals surface area contributed by atoms with Crippen LogP contribution in [-0.2, 0) is 6.54 Å². The Kier molecular flexibility index (Phi) is 5.67. The second kappa shape index (κ2) is 8.33. The van der Waals surface area contributed by atoms with Crippen LogP contribution in [0, 0.1) is 0 Å². The minimum absolute atomic E-state index is 0.702. The summed E-state index contributed by atoms with van der Waals surface area (Å²) in [6.45, 7) is 3.76. The summed E-state index contributed by atoms with van der Waals surface area (Å²) in [5.41, 5.74) is 2.87. The summed E-state index contributed by atoms with van der Waals surface area (Å²) in [6.07, 6.45) is 2.23. The van der Waals surface area contributed by atoms with E-state index in [2.05, 4.69) is 29.7 Å². The van der Waals surface area contributed by atoms with Crippen LogP contribution in [0.4, 0.5) is 11.6 Å². The predicted octanol–water partition coefficient (Wildman–Crippen LogP) is 4.46. The lowest BCUT2D eigenvalue weighted by molar-refractivity contribution is 0.415. The molecule has 5 nitrogen and oxygen atoms in total. The quantitative estimate of drug-likeness (QED) is 0.595. The fourth-order valence-corrected chi connectivity index (χ4v) is 2.57. The van der Waals surface area contributed by atoms with Crippen LogP contribution in [0.5, 0.6) is 5.75 Å². The van der Waals surface area contributed by atoms with E-state index in [9.17, 15) is 0 Å². The summed E-state index contributed by atoms with van der Waals surface area (Å²) in [5.74, 6) is 2.34. The van der Waals surface area contributed by atoms with Gasteiger partial charge < -0.3 is 15.4 Å². The van der Waals surface area contributed by atoms with E-state index in [0.29, 0.717) is 6.54 Å². The summed E-state index contributed by atoms with van der Waals surface area (Å²) >= 11 is 0. The van der Waals surface area contributed by atoms with Gasteiger partial charge >= 0.3 is 0 Å². The summed E-state index contributed by atoms with van der Waals surface area (Å²) in [6, 6.07) is 16.0. The molecule has 2 aromatic carbocycles. The van der Waals surface area contributed by atoms with Crippen LogP contribution in [0.1, 0.15) is 25.3 Å². The predicted molar refractivity (Wildman–Crippen MR) is 103 cm³/mol. The molecule has 3 aromatic rings. The number of benzene rings is 2. The summed E-state index contributed by atoms with van der Waals surface area (Å²) in [7, 11) is 1.66. The molecule has 0 bridgehead atoms. The van der Waals surface area contributed by atoms with Gasteiger partial charge in [0.25, 0.3) is 0 Å². The van der Waals surface area contributed by atoms with Gasteiger partial charge in [0.05, 0.1) is 18.1 Å². The molecule has 25 heavy (non-hydrogen) atoms. The van der Waals surface area contributed by atoms with Crippen molar-refractivity contribution in [2.75, 3.05) is 24.3 Å². The lowest BCUT2D eigenvalue weighted by Gasteiger charge is -2.13. The summed E-state index contributed by atoms with van der Waals surface area (Å²) < 4.78 is 5.30. The minimum atomic E-state index is 0.702. The highest BCUT2D eigenvalue weighted by Gasteiger charge is 2.09. The first-order valence-corrected chi connectivity index (χ1v) is 8.67. The average Bonchev–Trinajstić information content (AvgIpc) is 2.66. The molecule has 3 rings (SSSR count). The number of methoxy groups -OCH3 is 1. The zero-order valence-electron chi connectivity index (χ0n) is 14.7. The van der Waals surface area contributed by atoms with Crippen molar-refractivity contribution >= 4 is 22.7 Å². The Bertz CT molecular complexity index is 821. The van der Waals surface area contributed by atoms with Gasteiger partial charge in [0.15, 0.2) is 11.6 Å². The molecule has 1 heterocycles. The van der Waals surface area contributed by atoms with E-state index >= 15 is 0 Å². The van der Waals surface area contributed by atoms with Crippen LogP contribution in [0.2, 0.25) is 0 Å². The van der Waals surface area contributed by atoms with Crippen molar-refractivity contribution in [3.05, 3.63) is 54.1 Å². The molecule has 0 fully saturated rings. The number of nitrogens with one attached hydrogen (secondary N) is 2. The van der Waals surface area contributed by atoms with Gasteiger partial charge in [-0.15, -0.1) is 0 Å². The van der Waals surface area contributed by atoms with Crippen LogP contribution in [0.15, 0.2) is 48.5 Å². The molecule has 2 N–H and O–H groups in total. The maximum atomic E-state index is 5.30. The van der Waals surface area contributed by atoms with E-state index in [-0.39, 0.29) is 0 Å². The number of rotatable bonds is 8. The second-order valence-corrected chi connectivity index (χ2v) is 5.89. The van der Waals surface area contributed by atoms with Crippen LogP contribution < -0.4 is 15.4 Å². The molecule has 0 atom stereocenters. The Morgan fingerprint density at radius 3 is 2.44 bits per heavy atom. The monoisotopic (exact) mass is 336 g/mol. The molecule has 0 amide bonds. The van der Waals surface area contributed by atoms with Gasteiger partial charge in [-0.05, 0) is 24.1 Å². The first-order valence-electron chi connectivity index (χ1n) is 8.67. The van der Waals surface area contributed by atoms with Gasteiger partial charge in [-0.3, -0.25) is 0 Å². The number of hydrogen-bond acceptors (Lipinski definition) is 5. The molecule has 0 aliphatic rings. The van der Waals surface area contributed by atoms with Crippen molar-refractivity contribution in [1.29, 1.82) is 0 Å². The van der Waals surface area contributed by atoms with Gasteiger partial charge in [-0.1, -0.05) is 43.7 Å². The molecule has 0 saturated heterocycles. The van der Waals surface area contributed by atoms with E-state index in [0.717, 1.165) is 47.8 Å². The third kappa shape index (κ3) is 4.38. The molecule has 0 unspecified atom stereocenters. The number of aromatic nitrogens is 2. The molecule has 0 saturated carbocycles. The van der Waals surface area contributed by atoms with E-state index in [1.807, 2.05) is 36.4 Å². The van der Waals surface area contributed by atoms with E-state index < -0.39 is 0 Å². The Balaban J connectivity index is 1.89. The molecule has 0 spiro atoms. The molecule has 5 heteroatoms. The van der Waals surface area contributed by atoms with Crippen molar-refractivity contribution in [2.45, 2.75) is 26.3 Å². The number of ether oxygens (including phenoxy) is 1. The number of hydrogen-bond donors (Lipinski definition) is 2. The van der Waals surface area contributed by atoms with Crippen LogP contribution in [0.3, 0.4) is 0 Å². The van der Waals surface area contributed by atoms with Gasteiger partial charge in [-0.25, -0.2) is 9.97 Å². The van der Waals surface area contributed by atoms with Crippen LogP contribution in [-0.4, -0.2) is 23.6 Å². The first-order chi connectivity index (χ1) is 12.3. The van der Waals surface area contributed by atoms with Crippen molar-refractivity contribution in [2.24, 2.45) is 0 Å². The Hall–Kier alpha value is -2.82. The fourth-order valence-electron chi connectivity index (χ4n) is 2.57. The Morgan fingerprint density at radius 1 is 0.920 bits per heavy atom.